The van der Waals surface area contributed by atoms with Crippen LogP contribution in [0.3, 0.4) is 0 Å². The van der Waals surface area contributed by atoms with Crippen LogP contribution in [0.2, 0.25) is 5.02 Å². The SMILES string of the molecule is Cc1cc(C(=O)COC(=O)c2ccc(Cl)cc2N2CCCC2=O)c(C)n1C1CC1. The average Bonchev–Trinajstić information content (AvgIpc) is 3.35. The summed E-state index contributed by atoms with van der Waals surface area (Å²) < 4.78 is 7.51. The maximum Gasteiger partial charge on any atom is 0.340 e. The lowest BCUT2D eigenvalue weighted by molar-refractivity contribution is -0.117. The largest absolute Gasteiger partial charge is 0.454 e. The third-order valence-electron chi connectivity index (χ3n) is 5.58. The number of aryl methyl sites for hydroxylation is 1. The molecule has 0 N–H and O–H groups in total. The molecule has 6 nitrogen and oxygen atoms in total. The molecule has 1 aromatic heterocycles. The van der Waals surface area contributed by atoms with Crippen molar-refractivity contribution in [1.82, 2.24) is 4.57 Å². The summed E-state index contributed by atoms with van der Waals surface area (Å²) in [5.74, 6) is -0.920. The number of esters is 1. The van der Waals surface area contributed by atoms with Crippen molar-refractivity contribution in [3.63, 3.8) is 0 Å². The number of aromatic nitrogens is 1. The molecule has 1 aliphatic heterocycles. The van der Waals surface area contributed by atoms with E-state index in [1.54, 1.807) is 17.0 Å². The molecule has 1 amide bonds. The van der Waals surface area contributed by atoms with E-state index in [1.165, 1.54) is 6.07 Å². The molecule has 1 saturated carbocycles. The predicted molar refractivity (Wildman–Crippen MR) is 110 cm³/mol. The topological polar surface area (TPSA) is 68.6 Å². The van der Waals surface area contributed by atoms with Gasteiger partial charge < -0.3 is 14.2 Å². The van der Waals surface area contributed by atoms with Crippen LogP contribution in [0.4, 0.5) is 5.69 Å². The molecule has 0 bridgehead atoms. The normalized spacial score (nSPS) is 16.4. The lowest BCUT2D eigenvalue weighted by Gasteiger charge is -2.19. The summed E-state index contributed by atoms with van der Waals surface area (Å²) in [6.07, 6.45) is 3.44. The number of halogens is 1. The summed E-state index contributed by atoms with van der Waals surface area (Å²) in [6.45, 7) is 4.10. The van der Waals surface area contributed by atoms with Crippen LogP contribution in [0, 0.1) is 13.8 Å². The van der Waals surface area contributed by atoms with Gasteiger partial charge in [-0.2, -0.15) is 0 Å². The molecule has 2 fully saturated rings. The number of Topliss-reactive ketones (excluding diaryl/α,β-unsaturated/α-hetero) is 1. The summed E-state index contributed by atoms with van der Waals surface area (Å²) in [4.78, 5) is 39.0. The first-order valence-electron chi connectivity index (χ1n) is 9.85. The van der Waals surface area contributed by atoms with E-state index in [0.717, 1.165) is 30.7 Å². The number of ketones is 1. The van der Waals surface area contributed by atoms with Crippen LogP contribution in [0.15, 0.2) is 24.3 Å². The molecule has 1 aromatic carbocycles. The highest BCUT2D eigenvalue weighted by atomic mass is 35.5. The van der Waals surface area contributed by atoms with Crippen LogP contribution in [-0.2, 0) is 9.53 Å². The summed E-state index contributed by atoms with van der Waals surface area (Å²) in [5, 5.41) is 0.430. The van der Waals surface area contributed by atoms with Crippen molar-refractivity contribution in [3.05, 3.63) is 51.8 Å². The van der Waals surface area contributed by atoms with Crippen LogP contribution in [0.1, 0.15) is 63.8 Å². The second-order valence-corrected chi connectivity index (χ2v) is 8.13. The second kappa shape index (κ2) is 7.67. The Labute approximate surface area is 174 Å². The van der Waals surface area contributed by atoms with Crippen LogP contribution in [-0.4, -0.2) is 35.4 Å². The number of nitrogens with zero attached hydrogens (tertiary/aromatic N) is 2. The average molecular weight is 415 g/mol. The Hall–Kier alpha value is -2.60. The van der Waals surface area contributed by atoms with Gasteiger partial charge in [0.1, 0.15) is 0 Å². The zero-order valence-corrected chi connectivity index (χ0v) is 17.3. The smallest absolute Gasteiger partial charge is 0.340 e. The standard InChI is InChI=1S/C22H23ClN2O4/c1-13-10-18(14(2)25(13)16-6-7-16)20(26)12-29-22(28)17-8-5-15(23)11-19(17)24-9-3-4-21(24)27/h5,8,10-11,16H,3-4,6-7,9,12H2,1-2H3. The monoisotopic (exact) mass is 414 g/mol. The zero-order valence-electron chi connectivity index (χ0n) is 16.5. The first kappa shape index (κ1) is 19.7. The Kier molecular flexibility index (Phi) is 5.21. The van der Waals surface area contributed by atoms with E-state index in [1.807, 2.05) is 19.9 Å². The molecule has 29 heavy (non-hydrogen) atoms. The van der Waals surface area contributed by atoms with Crippen LogP contribution in [0.5, 0.6) is 0 Å². The molecule has 1 saturated heterocycles. The number of amides is 1. The van der Waals surface area contributed by atoms with Gasteiger partial charge in [0.2, 0.25) is 11.7 Å². The van der Waals surface area contributed by atoms with E-state index in [4.69, 9.17) is 16.3 Å². The van der Waals surface area contributed by atoms with Crippen molar-refractivity contribution >= 4 is 34.9 Å². The third kappa shape index (κ3) is 3.81. The second-order valence-electron chi connectivity index (χ2n) is 7.70. The van der Waals surface area contributed by atoms with Crippen LogP contribution < -0.4 is 4.90 Å². The molecule has 2 heterocycles. The number of anilines is 1. The van der Waals surface area contributed by atoms with Gasteiger partial charge in [0.05, 0.1) is 11.3 Å². The number of benzene rings is 1. The maximum absolute atomic E-state index is 12.7. The van der Waals surface area contributed by atoms with Gasteiger partial charge in [-0.05, 0) is 57.4 Å². The molecule has 7 heteroatoms. The fourth-order valence-electron chi connectivity index (χ4n) is 4.04. The molecule has 2 aromatic rings. The lowest BCUT2D eigenvalue weighted by atomic mass is 10.1. The molecule has 0 radical (unpaired) electrons. The predicted octanol–water partition coefficient (Wildman–Crippen LogP) is 4.26. The third-order valence-corrected chi connectivity index (χ3v) is 5.81. The van der Waals surface area contributed by atoms with Crippen LogP contribution in [0.25, 0.3) is 0 Å². The van der Waals surface area contributed by atoms with E-state index >= 15 is 0 Å². The fourth-order valence-corrected chi connectivity index (χ4v) is 4.21. The van der Waals surface area contributed by atoms with E-state index in [2.05, 4.69) is 4.57 Å². The Morgan fingerprint density at radius 3 is 2.59 bits per heavy atom. The summed E-state index contributed by atoms with van der Waals surface area (Å²) in [5.41, 5.74) is 3.23. The van der Waals surface area contributed by atoms with E-state index < -0.39 is 5.97 Å². The Morgan fingerprint density at radius 1 is 1.17 bits per heavy atom. The zero-order chi connectivity index (χ0) is 20.7. The van der Waals surface area contributed by atoms with E-state index in [9.17, 15) is 14.4 Å². The fraction of sp³-hybridized carbons (Fsp3) is 0.409. The van der Waals surface area contributed by atoms with Crippen molar-refractivity contribution in [2.75, 3.05) is 18.1 Å². The number of hydrogen-bond acceptors (Lipinski definition) is 4. The highest BCUT2D eigenvalue weighted by molar-refractivity contribution is 6.31. The minimum atomic E-state index is -0.638. The van der Waals surface area contributed by atoms with Gasteiger partial charge >= 0.3 is 5.97 Å². The van der Waals surface area contributed by atoms with Gasteiger partial charge in [-0.25, -0.2) is 4.79 Å². The minimum absolute atomic E-state index is 0.0510. The highest BCUT2D eigenvalue weighted by Gasteiger charge is 2.29. The Bertz CT molecular complexity index is 1010. The quantitative estimate of drug-likeness (QED) is 0.523. The molecule has 0 unspecified atom stereocenters. The summed E-state index contributed by atoms with van der Waals surface area (Å²) in [6, 6.07) is 7.04. The van der Waals surface area contributed by atoms with Crippen molar-refractivity contribution < 1.29 is 19.1 Å². The molecule has 152 valence electrons. The van der Waals surface area contributed by atoms with Crippen LogP contribution >= 0.6 is 11.6 Å². The van der Waals surface area contributed by atoms with Gasteiger partial charge in [0.15, 0.2) is 6.61 Å². The van der Waals surface area contributed by atoms with Gasteiger partial charge in [-0.3, -0.25) is 9.59 Å². The van der Waals surface area contributed by atoms with Crippen molar-refractivity contribution in [1.29, 1.82) is 0 Å². The van der Waals surface area contributed by atoms with Gasteiger partial charge in [0.25, 0.3) is 0 Å². The molecule has 4 rings (SSSR count). The Morgan fingerprint density at radius 2 is 1.93 bits per heavy atom. The van der Waals surface area contributed by atoms with Crippen molar-refractivity contribution in [2.24, 2.45) is 0 Å². The number of carbonyl (C=O) groups is 3. The molecule has 0 atom stereocenters. The minimum Gasteiger partial charge on any atom is -0.454 e. The van der Waals surface area contributed by atoms with Crippen molar-refractivity contribution in [3.8, 4) is 0 Å². The highest BCUT2D eigenvalue weighted by Crippen LogP contribution is 2.38. The van der Waals surface area contributed by atoms with Gasteiger partial charge in [-0.1, -0.05) is 11.6 Å². The molecule has 1 aliphatic carbocycles. The lowest BCUT2D eigenvalue weighted by Crippen LogP contribution is -2.26. The summed E-state index contributed by atoms with van der Waals surface area (Å²) in [7, 11) is 0. The molecular weight excluding hydrogens is 392 g/mol. The Balaban J connectivity index is 1.50. The first-order chi connectivity index (χ1) is 13.9. The van der Waals surface area contributed by atoms with E-state index in [-0.39, 0.29) is 23.9 Å². The van der Waals surface area contributed by atoms with E-state index in [0.29, 0.717) is 35.3 Å². The van der Waals surface area contributed by atoms with Crippen molar-refractivity contribution in [2.45, 2.75) is 45.6 Å². The number of rotatable bonds is 6. The maximum atomic E-state index is 12.7. The number of carbonyl (C=O) groups excluding carboxylic acids is 3. The first-order valence-corrected chi connectivity index (χ1v) is 10.2. The number of ether oxygens (including phenoxy) is 1. The molecular formula is C22H23ClN2O4. The number of hydrogen-bond donors (Lipinski definition) is 0. The van der Waals surface area contributed by atoms with Gasteiger partial charge in [-0.15, -0.1) is 0 Å². The van der Waals surface area contributed by atoms with Gasteiger partial charge in [0, 0.05) is 41.0 Å². The molecule has 0 spiro atoms. The molecule has 2 aliphatic rings. The summed E-state index contributed by atoms with van der Waals surface area (Å²) >= 11 is 6.07.